The van der Waals surface area contributed by atoms with Crippen molar-refractivity contribution in [2.75, 3.05) is 11.1 Å². The lowest BCUT2D eigenvalue weighted by Gasteiger charge is -2.12. The van der Waals surface area contributed by atoms with Crippen LogP contribution in [-0.4, -0.2) is 12.0 Å². The zero-order valence-corrected chi connectivity index (χ0v) is 12.5. The first kappa shape index (κ1) is 14.9. The van der Waals surface area contributed by atoms with Crippen molar-refractivity contribution >= 4 is 17.3 Å². The zero-order chi connectivity index (χ0) is 15.4. The summed E-state index contributed by atoms with van der Waals surface area (Å²) in [5, 5.41) is 2.83. The summed E-state index contributed by atoms with van der Waals surface area (Å²) >= 11 is 0. The molecule has 0 aliphatic heterocycles. The van der Waals surface area contributed by atoms with E-state index in [2.05, 4.69) is 5.32 Å². The maximum absolute atomic E-state index is 12.3. The average molecular weight is 284 g/mol. The predicted molar refractivity (Wildman–Crippen MR) is 85.8 cm³/mol. The molecular weight excluding hydrogens is 264 g/mol. The molecule has 0 bridgehead atoms. The van der Waals surface area contributed by atoms with E-state index >= 15 is 0 Å². The third-order valence-corrected chi connectivity index (χ3v) is 2.93. The predicted octanol–water partition coefficient (Wildman–Crippen LogP) is 3.62. The van der Waals surface area contributed by atoms with Crippen molar-refractivity contribution in [3.63, 3.8) is 0 Å². The highest BCUT2D eigenvalue weighted by Crippen LogP contribution is 2.21. The van der Waals surface area contributed by atoms with Gasteiger partial charge in [-0.05, 0) is 56.7 Å². The number of hydrogen-bond donors (Lipinski definition) is 2. The molecule has 0 aromatic heterocycles. The van der Waals surface area contributed by atoms with Crippen LogP contribution in [0.5, 0.6) is 5.75 Å². The summed E-state index contributed by atoms with van der Waals surface area (Å²) in [5.41, 5.74) is 8.61. The molecule has 2 rings (SSSR count). The average Bonchev–Trinajstić information content (AvgIpc) is 2.42. The van der Waals surface area contributed by atoms with Gasteiger partial charge in [-0.25, -0.2) is 0 Å². The fourth-order valence-electron chi connectivity index (χ4n) is 1.96. The van der Waals surface area contributed by atoms with Crippen molar-refractivity contribution in [1.82, 2.24) is 0 Å². The van der Waals surface area contributed by atoms with Gasteiger partial charge in [0.25, 0.3) is 5.91 Å². The van der Waals surface area contributed by atoms with Gasteiger partial charge in [0.1, 0.15) is 5.75 Å². The summed E-state index contributed by atoms with van der Waals surface area (Å²) in [7, 11) is 0. The first-order valence-corrected chi connectivity index (χ1v) is 6.90. The Labute approximate surface area is 124 Å². The minimum Gasteiger partial charge on any atom is -0.491 e. The van der Waals surface area contributed by atoms with E-state index in [4.69, 9.17) is 10.5 Å². The Kier molecular flexibility index (Phi) is 4.48. The fraction of sp³-hybridized carbons (Fsp3) is 0.235. The van der Waals surface area contributed by atoms with Crippen molar-refractivity contribution < 1.29 is 9.53 Å². The molecule has 0 saturated heterocycles. The van der Waals surface area contributed by atoms with E-state index < -0.39 is 0 Å². The number of ether oxygens (including phenoxy) is 1. The van der Waals surface area contributed by atoms with E-state index in [1.54, 1.807) is 24.3 Å². The number of anilines is 2. The van der Waals surface area contributed by atoms with Crippen LogP contribution in [0, 0.1) is 6.92 Å². The number of rotatable bonds is 4. The van der Waals surface area contributed by atoms with Crippen molar-refractivity contribution in [3.8, 4) is 5.75 Å². The number of benzene rings is 2. The van der Waals surface area contributed by atoms with Gasteiger partial charge in [-0.1, -0.05) is 12.1 Å². The highest BCUT2D eigenvalue weighted by atomic mass is 16.5. The van der Waals surface area contributed by atoms with E-state index in [0.717, 1.165) is 5.56 Å². The van der Waals surface area contributed by atoms with Gasteiger partial charge in [-0.3, -0.25) is 4.79 Å². The standard InChI is InChI=1S/C17H20N2O2/c1-11(2)21-14-6-4-5-13(10-14)17(20)19-16-9-12(3)7-8-15(16)18/h4-11H,18H2,1-3H3,(H,19,20). The van der Waals surface area contributed by atoms with E-state index in [1.807, 2.05) is 39.0 Å². The Hall–Kier alpha value is -2.49. The lowest BCUT2D eigenvalue weighted by Crippen LogP contribution is -2.14. The summed E-state index contributed by atoms with van der Waals surface area (Å²) in [5.74, 6) is 0.469. The summed E-state index contributed by atoms with van der Waals surface area (Å²) in [6.07, 6.45) is 0.0655. The number of hydrogen-bond acceptors (Lipinski definition) is 3. The lowest BCUT2D eigenvalue weighted by molar-refractivity contribution is 0.102. The van der Waals surface area contributed by atoms with Gasteiger partial charge in [0.2, 0.25) is 0 Å². The molecule has 1 amide bonds. The van der Waals surface area contributed by atoms with Gasteiger partial charge in [0.15, 0.2) is 0 Å². The van der Waals surface area contributed by atoms with Crippen LogP contribution in [0.1, 0.15) is 29.8 Å². The van der Waals surface area contributed by atoms with Gasteiger partial charge in [-0.2, -0.15) is 0 Å². The molecule has 0 radical (unpaired) electrons. The Morgan fingerprint density at radius 3 is 2.67 bits per heavy atom. The quantitative estimate of drug-likeness (QED) is 0.843. The number of carbonyl (C=O) groups excluding carboxylic acids is 1. The maximum atomic E-state index is 12.3. The number of nitrogens with one attached hydrogen (secondary N) is 1. The second-order valence-electron chi connectivity index (χ2n) is 5.24. The van der Waals surface area contributed by atoms with Crippen LogP contribution < -0.4 is 15.8 Å². The molecule has 4 nitrogen and oxygen atoms in total. The molecule has 0 heterocycles. The van der Waals surface area contributed by atoms with Crippen LogP contribution in [-0.2, 0) is 0 Å². The van der Waals surface area contributed by atoms with Crippen LogP contribution in [0.15, 0.2) is 42.5 Å². The molecule has 0 aliphatic rings. The zero-order valence-electron chi connectivity index (χ0n) is 12.5. The molecule has 110 valence electrons. The Balaban J connectivity index is 2.18. The van der Waals surface area contributed by atoms with Crippen molar-refractivity contribution in [2.45, 2.75) is 26.9 Å². The van der Waals surface area contributed by atoms with Gasteiger partial charge in [0.05, 0.1) is 17.5 Å². The van der Waals surface area contributed by atoms with E-state index in [1.165, 1.54) is 0 Å². The molecule has 3 N–H and O–H groups in total. The monoisotopic (exact) mass is 284 g/mol. The first-order chi connectivity index (χ1) is 9.95. The highest BCUT2D eigenvalue weighted by Gasteiger charge is 2.09. The number of nitrogen functional groups attached to an aromatic ring is 1. The SMILES string of the molecule is Cc1ccc(N)c(NC(=O)c2cccc(OC(C)C)c2)c1. The summed E-state index contributed by atoms with van der Waals surface area (Å²) in [6.45, 7) is 5.84. The first-order valence-electron chi connectivity index (χ1n) is 6.90. The molecule has 2 aromatic rings. The second-order valence-corrected chi connectivity index (χ2v) is 5.24. The van der Waals surface area contributed by atoms with Crippen LogP contribution in [0.25, 0.3) is 0 Å². The Bertz CT molecular complexity index is 651. The maximum Gasteiger partial charge on any atom is 0.255 e. The second kappa shape index (κ2) is 6.31. The van der Waals surface area contributed by atoms with Crippen molar-refractivity contribution in [3.05, 3.63) is 53.6 Å². The summed E-state index contributed by atoms with van der Waals surface area (Å²) in [4.78, 5) is 12.3. The normalized spacial score (nSPS) is 10.5. The summed E-state index contributed by atoms with van der Waals surface area (Å²) < 4.78 is 5.59. The molecule has 0 aliphatic carbocycles. The Morgan fingerprint density at radius 2 is 1.95 bits per heavy atom. The van der Waals surface area contributed by atoms with Crippen molar-refractivity contribution in [2.24, 2.45) is 0 Å². The minimum atomic E-state index is -0.207. The molecule has 0 saturated carbocycles. The van der Waals surface area contributed by atoms with Crippen LogP contribution in [0.4, 0.5) is 11.4 Å². The number of carbonyl (C=O) groups is 1. The lowest BCUT2D eigenvalue weighted by atomic mass is 10.1. The van der Waals surface area contributed by atoms with E-state index in [9.17, 15) is 4.79 Å². The Morgan fingerprint density at radius 1 is 1.19 bits per heavy atom. The van der Waals surface area contributed by atoms with Crippen LogP contribution in [0.3, 0.4) is 0 Å². The summed E-state index contributed by atoms with van der Waals surface area (Å²) in [6, 6.07) is 12.6. The fourth-order valence-corrected chi connectivity index (χ4v) is 1.96. The van der Waals surface area contributed by atoms with Gasteiger partial charge >= 0.3 is 0 Å². The number of amides is 1. The third kappa shape index (κ3) is 3.99. The topological polar surface area (TPSA) is 64.3 Å². The molecule has 4 heteroatoms. The van der Waals surface area contributed by atoms with Gasteiger partial charge in [0, 0.05) is 5.56 Å². The minimum absolute atomic E-state index is 0.0655. The molecule has 0 atom stereocenters. The molecular formula is C17H20N2O2. The molecule has 2 aromatic carbocycles. The van der Waals surface area contributed by atoms with Gasteiger partial charge in [-0.15, -0.1) is 0 Å². The van der Waals surface area contributed by atoms with Gasteiger partial charge < -0.3 is 15.8 Å². The van der Waals surface area contributed by atoms with E-state index in [0.29, 0.717) is 22.7 Å². The third-order valence-electron chi connectivity index (χ3n) is 2.93. The molecule has 0 fully saturated rings. The van der Waals surface area contributed by atoms with Crippen molar-refractivity contribution in [1.29, 1.82) is 0 Å². The van der Waals surface area contributed by atoms with E-state index in [-0.39, 0.29) is 12.0 Å². The largest absolute Gasteiger partial charge is 0.491 e. The highest BCUT2D eigenvalue weighted by molar-refractivity contribution is 6.06. The number of nitrogens with two attached hydrogens (primary N) is 1. The number of aryl methyl sites for hydroxylation is 1. The molecule has 21 heavy (non-hydrogen) atoms. The van der Waals surface area contributed by atoms with Crippen LogP contribution >= 0.6 is 0 Å². The smallest absolute Gasteiger partial charge is 0.255 e. The molecule has 0 spiro atoms. The molecule has 0 unspecified atom stereocenters. The van der Waals surface area contributed by atoms with Crippen LogP contribution in [0.2, 0.25) is 0 Å².